The van der Waals surface area contributed by atoms with Crippen LogP contribution in [0.3, 0.4) is 0 Å². The molecular formula is C13H10OS2. The van der Waals surface area contributed by atoms with Crippen LogP contribution in [0.1, 0.15) is 5.56 Å². The lowest BCUT2D eigenvalue weighted by molar-refractivity contribution is 0.475. The van der Waals surface area contributed by atoms with Gasteiger partial charge in [-0.2, -0.15) is 0 Å². The van der Waals surface area contributed by atoms with Crippen molar-refractivity contribution in [3.8, 4) is 5.75 Å². The number of thiocarbonyl (C=S) groups is 1. The Balaban J connectivity index is 2.12. The molecule has 0 aliphatic rings. The number of benzene rings is 2. The zero-order valence-corrected chi connectivity index (χ0v) is 10.1. The van der Waals surface area contributed by atoms with Crippen molar-refractivity contribution in [3.05, 3.63) is 60.2 Å². The predicted molar refractivity (Wildman–Crippen MR) is 72.1 cm³/mol. The molecule has 0 bridgehead atoms. The molecule has 0 atom stereocenters. The Hall–Kier alpha value is -1.32. The molecule has 0 aliphatic heterocycles. The average Bonchev–Trinajstić information content (AvgIpc) is 2.31. The normalized spacial score (nSPS) is 10.0. The molecule has 16 heavy (non-hydrogen) atoms. The van der Waals surface area contributed by atoms with Crippen LogP contribution in [-0.2, 0) is 0 Å². The molecule has 0 fully saturated rings. The van der Waals surface area contributed by atoms with Crippen LogP contribution in [0, 0.1) is 0 Å². The second-order valence-corrected chi connectivity index (χ2v) is 5.00. The lowest BCUT2D eigenvalue weighted by Gasteiger charge is -2.03. The van der Waals surface area contributed by atoms with Crippen molar-refractivity contribution in [2.24, 2.45) is 0 Å². The quantitative estimate of drug-likeness (QED) is 0.642. The van der Waals surface area contributed by atoms with Crippen LogP contribution in [0.25, 0.3) is 0 Å². The van der Waals surface area contributed by atoms with E-state index in [4.69, 9.17) is 12.2 Å². The molecule has 80 valence electrons. The maximum atomic E-state index is 9.18. The number of phenols is 1. The Labute approximate surface area is 104 Å². The summed E-state index contributed by atoms with van der Waals surface area (Å²) in [6, 6.07) is 17.0. The molecule has 2 aromatic rings. The number of thioether (sulfide) groups is 1. The first-order valence-electron chi connectivity index (χ1n) is 4.82. The summed E-state index contributed by atoms with van der Waals surface area (Å²) in [5.41, 5.74) is 0.960. The van der Waals surface area contributed by atoms with Gasteiger partial charge in [0.25, 0.3) is 0 Å². The largest absolute Gasteiger partial charge is 0.508 e. The molecule has 1 N–H and O–H groups in total. The number of hydrogen-bond donors (Lipinski definition) is 1. The Kier molecular flexibility index (Phi) is 3.59. The number of hydrogen-bond acceptors (Lipinski definition) is 3. The van der Waals surface area contributed by atoms with Gasteiger partial charge in [-0.3, -0.25) is 0 Å². The Morgan fingerprint density at radius 3 is 2.19 bits per heavy atom. The van der Waals surface area contributed by atoms with E-state index >= 15 is 0 Å². The Morgan fingerprint density at radius 1 is 0.938 bits per heavy atom. The highest BCUT2D eigenvalue weighted by Gasteiger charge is 2.03. The van der Waals surface area contributed by atoms with E-state index in [9.17, 15) is 5.11 Å². The summed E-state index contributed by atoms with van der Waals surface area (Å²) in [5, 5.41) is 9.18. The predicted octanol–water partition coefficient (Wildman–Crippen LogP) is 3.86. The van der Waals surface area contributed by atoms with Crippen LogP contribution in [0.4, 0.5) is 0 Å². The highest BCUT2D eigenvalue weighted by atomic mass is 32.2. The molecule has 0 aromatic heterocycles. The third-order valence-corrected chi connectivity index (χ3v) is 3.47. The molecule has 0 amide bonds. The monoisotopic (exact) mass is 246 g/mol. The fraction of sp³-hybridized carbons (Fsp3) is 0. The van der Waals surface area contributed by atoms with Crippen LogP contribution in [0.15, 0.2) is 59.5 Å². The topological polar surface area (TPSA) is 20.2 Å². The Morgan fingerprint density at radius 2 is 1.56 bits per heavy atom. The lowest BCUT2D eigenvalue weighted by Crippen LogP contribution is -1.90. The lowest BCUT2D eigenvalue weighted by atomic mass is 10.2. The first-order valence-corrected chi connectivity index (χ1v) is 6.04. The molecule has 0 radical (unpaired) electrons. The molecule has 0 heterocycles. The van der Waals surface area contributed by atoms with E-state index in [1.807, 2.05) is 42.5 Å². The van der Waals surface area contributed by atoms with Gasteiger partial charge in [-0.25, -0.2) is 0 Å². The minimum atomic E-state index is 0.260. The van der Waals surface area contributed by atoms with Crippen molar-refractivity contribution in [2.45, 2.75) is 4.90 Å². The van der Waals surface area contributed by atoms with Gasteiger partial charge in [-0.05, 0) is 42.0 Å². The van der Waals surface area contributed by atoms with Gasteiger partial charge in [0.15, 0.2) is 0 Å². The summed E-state index contributed by atoms with van der Waals surface area (Å²) in [6.07, 6.45) is 0. The molecule has 0 spiro atoms. The van der Waals surface area contributed by atoms with E-state index in [-0.39, 0.29) is 5.75 Å². The van der Waals surface area contributed by atoms with E-state index < -0.39 is 0 Å². The summed E-state index contributed by atoms with van der Waals surface area (Å²) >= 11 is 6.88. The average molecular weight is 246 g/mol. The first-order chi connectivity index (χ1) is 7.75. The van der Waals surface area contributed by atoms with Crippen LogP contribution >= 0.6 is 24.0 Å². The maximum absolute atomic E-state index is 9.18. The Bertz CT molecular complexity index is 477. The summed E-state index contributed by atoms with van der Waals surface area (Å²) in [6.45, 7) is 0. The summed E-state index contributed by atoms with van der Waals surface area (Å²) in [5.74, 6) is 0.260. The zero-order chi connectivity index (χ0) is 11.4. The van der Waals surface area contributed by atoms with E-state index in [1.165, 1.54) is 0 Å². The van der Waals surface area contributed by atoms with Crippen molar-refractivity contribution in [2.75, 3.05) is 0 Å². The third kappa shape index (κ3) is 2.84. The molecular weight excluding hydrogens is 236 g/mol. The second-order valence-electron chi connectivity index (χ2n) is 3.25. The van der Waals surface area contributed by atoms with Gasteiger partial charge in [0.2, 0.25) is 0 Å². The van der Waals surface area contributed by atoms with Crippen molar-refractivity contribution in [1.29, 1.82) is 0 Å². The highest BCUT2D eigenvalue weighted by molar-refractivity contribution is 8.23. The number of phenolic OH excluding ortho intramolecular Hbond substituents is 1. The van der Waals surface area contributed by atoms with Crippen molar-refractivity contribution >= 4 is 28.2 Å². The van der Waals surface area contributed by atoms with E-state index in [0.717, 1.165) is 14.7 Å². The minimum Gasteiger partial charge on any atom is -0.508 e. The molecule has 0 saturated heterocycles. The smallest absolute Gasteiger partial charge is 0.115 e. The summed E-state index contributed by atoms with van der Waals surface area (Å²) in [4.78, 5) is 1.13. The molecule has 3 heteroatoms. The molecule has 0 unspecified atom stereocenters. The van der Waals surface area contributed by atoms with Gasteiger partial charge in [0.1, 0.15) is 5.75 Å². The van der Waals surface area contributed by atoms with Gasteiger partial charge in [-0.15, -0.1) is 0 Å². The van der Waals surface area contributed by atoms with Crippen LogP contribution < -0.4 is 0 Å². The summed E-state index contributed by atoms with van der Waals surface area (Å²) < 4.78 is 0.811. The molecule has 1 nitrogen and oxygen atoms in total. The third-order valence-electron chi connectivity index (χ3n) is 2.06. The standard InChI is InChI=1S/C13H10OS2/c14-11-8-6-10(7-9-11)13(15)16-12-4-2-1-3-5-12/h1-9,14H. The molecule has 0 aliphatic carbocycles. The minimum absolute atomic E-state index is 0.260. The fourth-order valence-electron chi connectivity index (χ4n) is 1.25. The summed E-state index contributed by atoms with van der Waals surface area (Å²) in [7, 11) is 0. The number of rotatable bonds is 2. The van der Waals surface area contributed by atoms with Crippen LogP contribution in [0.5, 0.6) is 5.75 Å². The highest BCUT2D eigenvalue weighted by Crippen LogP contribution is 2.24. The zero-order valence-electron chi connectivity index (χ0n) is 8.46. The van der Waals surface area contributed by atoms with Gasteiger partial charge >= 0.3 is 0 Å². The van der Waals surface area contributed by atoms with Crippen LogP contribution in [-0.4, -0.2) is 9.30 Å². The van der Waals surface area contributed by atoms with Gasteiger partial charge in [0.05, 0.1) is 4.20 Å². The van der Waals surface area contributed by atoms with E-state index in [0.29, 0.717) is 0 Å². The van der Waals surface area contributed by atoms with Crippen molar-refractivity contribution in [3.63, 3.8) is 0 Å². The molecule has 0 saturated carbocycles. The first kappa shape index (κ1) is 11.2. The SMILES string of the molecule is Oc1ccc(C(=S)Sc2ccccc2)cc1. The second kappa shape index (κ2) is 5.14. The van der Waals surface area contributed by atoms with Crippen molar-refractivity contribution in [1.82, 2.24) is 0 Å². The van der Waals surface area contributed by atoms with Gasteiger partial charge < -0.3 is 5.11 Å². The molecule has 2 rings (SSSR count). The van der Waals surface area contributed by atoms with Crippen molar-refractivity contribution < 1.29 is 5.11 Å². The van der Waals surface area contributed by atoms with E-state index in [2.05, 4.69) is 0 Å². The van der Waals surface area contributed by atoms with Crippen LogP contribution in [0.2, 0.25) is 0 Å². The van der Waals surface area contributed by atoms with E-state index in [1.54, 1.807) is 23.9 Å². The fourth-order valence-corrected chi connectivity index (χ4v) is 2.44. The number of aromatic hydroxyl groups is 1. The van der Waals surface area contributed by atoms with Gasteiger partial charge in [0, 0.05) is 4.90 Å². The van der Waals surface area contributed by atoms with Gasteiger partial charge in [-0.1, -0.05) is 42.2 Å². The molecule has 2 aromatic carbocycles. The maximum Gasteiger partial charge on any atom is 0.115 e.